The summed E-state index contributed by atoms with van der Waals surface area (Å²) in [4.78, 5) is 2.56. The van der Waals surface area contributed by atoms with Gasteiger partial charge >= 0.3 is 0 Å². The quantitative estimate of drug-likeness (QED) is 0.783. The van der Waals surface area contributed by atoms with Crippen LogP contribution in [-0.4, -0.2) is 31.6 Å². The van der Waals surface area contributed by atoms with Gasteiger partial charge in [-0.25, -0.2) is 0 Å². The lowest BCUT2D eigenvalue weighted by molar-refractivity contribution is 0.189. The average molecular weight is 353 g/mol. The van der Waals surface area contributed by atoms with E-state index < -0.39 is 0 Å². The van der Waals surface area contributed by atoms with E-state index in [1.165, 1.54) is 47.8 Å². The third-order valence-corrected chi connectivity index (χ3v) is 5.50. The summed E-state index contributed by atoms with van der Waals surface area (Å²) in [5.41, 5.74) is 2.81. The van der Waals surface area contributed by atoms with E-state index in [9.17, 15) is 0 Å². The first-order chi connectivity index (χ1) is 10.1. The Balaban J connectivity index is 2.20. The molecule has 0 bridgehead atoms. The van der Waals surface area contributed by atoms with Crippen LogP contribution in [0.2, 0.25) is 0 Å². The third kappa shape index (κ3) is 4.54. The van der Waals surface area contributed by atoms with Gasteiger partial charge in [-0.1, -0.05) is 41.4 Å². The zero-order chi connectivity index (χ0) is 15.2. The molecule has 2 rings (SSSR count). The molecular formula is C18H29BrN2. The second kappa shape index (κ2) is 8.30. The van der Waals surface area contributed by atoms with Crippen molar-refractivity contribution in [2.24, 2.45) is 5.92 Å². The molecule has 2 atom stereocenters. The molecule has 1 aliphatic heterocycles. The molecule has 1 aromatic carbocycles. The number of nitrogens with one attached hydrogen (secondary N) is 1. The van der Waals surface area contributed by atoms with Crippen molar-refractivity contribution in [3.05, 3.63) is 33.8 Å². The standard InChI is InChI=1S/C18H29BrN2/c1-4-10-20-13-16-7-5-6-11-21(3)18(16)15-8-9-17(19)14(2)12-15/h8-9,12,16,18,20H,4-7,10-11,13H2,1-3H3. The lowest BCUT2D eigenvalue weighted by Crippen LogP contribution is -2.35. The van der Waals surface area contributed by atoms with Crippen LogP contribution in [0.25, 0.3) is 0 Å². The van der Waals surface area contributed by atoms with Gasteiger partial charge < -0.3 is 5.32 Å². The van der Waals surface area contributed by atoms with Gasteiger partial charge in [0.1, 0.15) is 0 Å². The molecule has 1 fully saturated rings. The van der Waals surface area contributed by atoms with Gasteiger partial charge in [-0.15, -0.1) is 0 Å². The lowest BCUT2D eigenvalue weighted by atomic mass is 9.88. The van der Waals surface area contributed by atoms with E-state index in [-0.39, 0.29) is 0 Å². The normalized spacial score (nSPS) is 24.0. The molecule has 3 heteroatoms. The first kappa shape index (κ1) is 17.0. The summed E-state index contributed by atoms with van der Waals surface area (Å²) >= 11 is 3.62. The van der Waals surface area contributed by atoms with Gasteiger partial charge in [-0.2, -0.15) is 0 Å². The van der Waals surface area contributed by atoms with Crippen LogP contribution in [0.1, 0.15) is 49.8 Å². The van der Waals surface area contributed by atoms with Crippen LogP contribution in [0, 0.1) is 12.8 Å². The Hall–Kier alpha value is -0.380. The molecule has 1 aromatic rings. The monoisotopic (exact) mass is 352 g/mol. The molecule has 0 radical (unpaired) electrons. The van der Waals surface area contributed by atoms with Crippen LogP contribution >= 0.6 is 15.9 Å². The highest BCUT2D eigenvalue weighted by Gasteiger charge is 2.28. The van der Waals surface area contributed by atoms with Crippen molar-refractivity contribution in [2.45, 2.75) is 45.6 Å². The molecule has 2 unspecified atom stereocenters. The minimum absolute atomic E-state index is 0.545. The highest BCUT2D eigenvalue weighted by atomic mass is 79.9. The van der Waals surface area contributed by atoms with E-state index >= 15 is 0 Å². The molecular weight excluding hydrogens is 324 g/mol. The van der Waals surface area contributed by atoms with E-state index in [1.54, 1.807) is 0 Å². The van der Waals surface area contributed by atoms with Gasteiger partial charge in [-0.05, 0) is 76.0 Å². The second-order valence-corrected chi connectivity index (χ2v) is 7.25. The topological polar surface area (TPSA) is 15.3 Å². The Kier molecular flexibility index (Phi) is 6.72. The number of rotatable bonds is 5. The largest absolute Gasteiger partial charge is 0.316 e. The molecule has 0 amide bonds. The first-order valence-electron chi connectivity index (χ1n) is 8.30. The van der Waals surface area contributed by atoms with Crippen molar-refractivity contribution in [2.75, 3.05) is 26.7 Å². The number of hydrogen-bond donors (Lipinski definition) is 1. The molecule has 21 heavy (non-hydrogen) atoms. The van der Waals surface area contributed by atoms with Crippen LogP contribution in [0.3, 0.4) is 0 Å². The Morgan fingerprint density at radius 3 is 2.86 bits per heavy atom. The van der Waals surface area contributed by atoms with E-state index in [4.69, 9.17) is 0 Å². The molecule has 2 nitrogen and oxygen atoms in total. The Morgan fingerprint density at radius 2 is 2.14 bits per heavy atom. The molecule has 1 N–H and O–H groups in total. The van der Waals surface area contributed by atoms with Crippen molar-refractivity contribution in [1.82, 2.24) is 10.2 Å². The maximum atomic E-state index is 3.64. The lowest BCUT2D eigenvalue weighted by Gasteiger charge is -2.33. The van der Waals surface area contributed by atoms with Crippen LogP contribution in [0.5, 0.6) is 0 Å². The zero-order valence-corrected chi connectivity index (χ0v) is 15.2. The summed E-state index contributed by atoms with van der Waals surface area (Å²) in [7, 11) is 2.29. The molecule has 0 spiro atoms. The number of halogens is 1. The Morgan fingerprint density at radius 1 is 1.33 bits per heavy atom. The molecule has 118 valence electrons. The van der Waals surface area contributed by atoms with E-state index in [0.717, 1.165) is 13.1 Å². The predicted octanol–water partition coefficient (Wildman–Crippen LogP) is 4.53. The number of benzene rings is 1. The smallest absolute Gasteiger partial charge is 0.0385 e. The molecule has 1 saturated heterocycles. The van der Waals surface area contributed by atoms with Gasteiger partial charge in [0.2, 0.25) is 0 Å². The average Bonchev–Trinajstić information content (AvgIpc) is 2.64. The Labute approximate surface area is 138 Å². The van der Waals surface area contributed by atoms with Gasteiger partial charge in [-0.3, -0.25) is 4.90 Å². The third-order valence-electron chi connectivity index (χ3n) is 4.61. The van der Waals surface area contributed by atoms with Crippen molar-refractivity contribution < 1.29 is 0 Å². The Bertz CT molecular complexity index is 447. The summed E-state index contributed by atoms with van der Waals surface area (Å²) < 4.78 is 1.21. The summed E-state index contributed by atoms with van der Waals surface area (Å²) in [5.74, 6) is 0.713. The predicted molar refractivity (Wildman–Crippen MR) is 94.8 cm³/mol. The van der Waals surface area contributed by atoms with Crippen LogP contribution in [0.4, 0.5) is 0 Å². The second-order valence-electron chi connectivity index (χ2n) is 6.39. The van der Waals surface area contributed by atoms with Crippen LogP contribution < -0.4 is 5.32 Å². The summed E-state index contributed by atoms with van der Waals surface area (Å²) in [6.07, 6.45) is 5.23. The summed E-state index contributed by atoms with van der Waals surface area (Å²) in [6.45, 7) is 7.91. The minimum Gasteiger partial charge on any atom is -0.316 e. The molecule has 0 saturated carbocycles. The molecule has 1 aliphatic rings. The van der Waals surface area contributed by atoms with E-state index in [2.05, 4.69) is 65.2 Å². The zero-order valence-electron chi connectivity index (χ0n) is 13.7. The van der Waals surface area contributed by atoms with Crippen LogP contribution in [0.15, 0.2) is 22.7 Å². The van der Waals surface area contributed by atoms with Crippen molar-refractivity contribution >= 4 is 15.9 Å². The fourth-order valence-corrected chi connectivity index (χ4v) is 3.73. The number of hydrogen-bond acceptors (Lipinski definition) is 2. The maximum Gasteiger partial charge on any atom is 0.0385 e. The summed E-state index contributed by atoms with van der Waals surface area (Å²) in [5, 5.41) is 3.64. The number of aryl methyl sites for hydroxylation is 1. The number of likely N-dealkylation sites (tertiary alicyclic amines) is 1. The molecule has 0 aliphatic carbocycles. The fourth-order valence-electron chi connectivity index (χ4n) is 3.48. The van der Waals surface area contributed by atoms with E-state index in [1.807, 2.05) is 0 Å². The first-order valence-corrected chi connectivity index (χ1v) is 9.09. The van der Waals surface area contributed by atoms with E-state index in [0.29, 0.717) is 12.0 Å². The van der Waals surface area contributed by atoms with Crippen molar-refractivity contribution in [3.63, 3.8) is 0 Å². The van der Waals surface area contributed by atoms with Gasteiger partial charge in [0.25, 0.3) is 0 Å². The fraction of sp³-hybridized carbons (Fsp3) is 0.667. The maximum absolute atomic E-state index is 3.64. The highest BCUT2D eigenvalue weighted by Crippen LogP contribution is 2.35. The van der Waals surface area contributed by atoms with Crippen molar-refractivity contribution in [1.29, 1.82) is 0 Å². The van der Waals surface area contributed by atoms with Crippen LogP contribution in [-0.2, 0) is 0 Å². The van der Waals surface area contributed by atoms with Gasteiger partial charge in [0.05, 0.1) is 0 Å². The highest BCUT2D eigenvalue weighted by molar-refractivity contribution is 9.10. The molecule has 1 heterocycles. The SMILES string of the molecule is CCCNCC1CCCCN(C)C1c1ccc(Br)c(C)c1. The number of nitrogens with zero attached hydrogens (tertiary/aromatic N) is 1. The minimum atomic E-state index is 0.545. The summed E-state index contributed by atoms with van der Waals surface area (Å²) in [6, 6.07) is 7.42. The van der Waals surface area contributed by atoms with Gasteiger partial charge in [0, 0.05) is 10.5 Å². The molecule has 0 aromatic heterocycles. The van der Waals surface area contributed by atoms with Gasteiger partial charge in [0.15, 0.2) is 0 Å². The van der Waals surface area contributed by atoms with Crippen molar-refractivity contribution in [3.8, 4) is 0 Å².